The monoisotopic (exact) mass is 358 g/mol. The molecular weight excluding hydrogens is 319 g/mol. The highest BCUT2D eigenvalue weighted by Gasteiger charge is 2.28. The zero-order valence-corrected chi connectivity index (χ0v) is 16.7. The number of allylic oxidation sites excluding steroid dienone is 2. The van der Waals surface area contributed by atoms with E-state index < -0.39 is 7.60 Å². The van der Waals surface area contributed by atoms with Crippen molar-refractivity contribution in [2.45, 2.75) is 96.8 Å². The first-order valence-corrected chi connectivity index (χ1v) is 12.0. The molecule has 0 aromatic carbocycles. The van der Waals surface area contributed by atoms with Crippen molar-refractivity contribution in [1.82, 2.24) is 0 Å². The smallest absolute Gasteiger partial charge is 0.306 e. The summed E-state index contributed by atoms with van der Waals surface area (Å²) >= 11 is 0. The maximum Gasteiger partial charge on any atom is 0.330 e. The SMILES string of the molecule is CCCCCCCCC=CCCCCCCCCP1(=O)OCCO1. The molecule has 24 heavy (non-hydrogen) atoms. The van der Waals surface area contributed by atoms with E-state index in [4.69, 9.17) is 9.05 Å². The van der Waals surface area contributed by atoms with Gasteiger partial charge in [0.2, 0.25) is 0 Å². The molecule has 0 aromatic rings. The quantitative estimate of drug-likeness (QED) is 0.165. The van der Waals surface area contributed by atoms with E-state index in [0.717, 1.165) is 12.8 Å². The summed E-state index contributed by atoms with van der Waals surface area (Å²) in [7, 11) is -2.67. The van der Waals surface area contributed by atoms with Crippen LogP contribution in [0.15, 0.2) is 12.2 Å². The van der Waals surface area contributed by atoms with Crippen LogP contribution in [0.4, 0.5) is 0 Å². The molecule has 0 aromatic heterocycles. The molecule has 1 rings (SSSR count). The van der Waals surface area contributed by atoms with E-state index in [1.165, 1.54) is 77.0 Å². The molecule has 0 aliphatic carbocycles. The Labute approximate surface area is 150 Å². The van der Waals surface area contributed by atoms with Gasteiger partial charge in [0.05, 0.1) is 19.4 Å². The van der Waals surface area contributed by atoms with Gasteiger partial charge in [-0.3, -0.25) is 4.57 Å². The van der Waals surface area contributed by atoms with Gasteiger partial charge in [0.25, 0.3) is 0 Å². The van der Waals surface area contributed by atoms with E-state index in [9.17, 15) is 4.57 Å². The van der Waals surface area contributed by atoms with Crippen LogP contribution >= 0.6 is 7.60 Å². The largest absolute Gasteiger partial charge is 0.330 e. The molecule has 0 spiro atoms. The van der Waals surface area contributed by atoms with Gasteiger partial charge < -0.3 is 9.05 Å². The lowest BCUT2D eigenvalue weighted by atomic mass is 10.1. The van der Waals surface area contributed by atoms with Crippen molar-refractivity contribution in [3.05, 3.63) is 12.2 Å². The zero-order chi connectivity index (χ0) is 17.3. The summed E-state index contributed by atoms with van der Waals surface area (Å²) in [4.78, 5) is 0. The van der Waals surface area contributed by atoms with Crippen LogP contribution < -0.4 is 0 Å². The van der Waals surface area contributed by atoms with Gasteiger partial charge in [-0.25, -0.2) is 0 Å². The minimum Gasteiger partial charge on any atom is -0.306 e. The van der Waals surface area contributed by atoms with Crippen LogP contribution in [0.1, 0.15) is 96.8 Å². The molecule has 0 unspecified atom stereocenters. The minimum absolute atomic E-state index is 0.504. The van der Waals surface area contributed by atoms with Gasteiger partial charge in [-0.1, -0.05) is 76.9 Å². The summed E-state index contributed by atoms with van der Waals surface area (Å²) in [6, 6.07) is 0. The molecule has 0 bridgehead atoms. The van der Waals surface area contributed by atoms with Gasteiger partial charge in [0.1, 0.15) is 0 Å². The predicted octanol–water partition coefficient (Wildman–Crippen LogP) is 7.26. The van der Waals surface area contributed by atoms with E-state index in [-0.39, 0.29) is 0 Å². The third-order valence-corrected chi connectivity index (χ3v) is 6.62. The van der Waals surface area contributed by atoms with Crippen LogP contribution in [0.2, 0.25) is 0 Å². The first-order chi connectivity index (χ1) is 11.8. The molecule has 1 fully saturated rings. The lowest BCUT2D eigenvalue weighted by Gasteiger charge is -2.08. The highest BCUT2D eigenvalue weighted by atomic mass is 31.2. The molecular formula is C20H39O3P. The van der Waals surface area contributed by atoms with E-state index in [2.05, 4.69) is 19.1 Å². The molecule has 0 amide bonds. The second-order valence-electron chi connectivity index (χ2n) is 6.94. The van der Waals surface area contributed by atoms with Gasteiger partial charge in [0, 0.05) is 0 Å². The Morgan fingerprint density at radius 1 is 0.708 bits per heavy atom. The average Bonchev–Trinajstić information content (AvgIpc) is 3.01. The molecule has 0 saturated carbocycles. The molecule has 3 nitrogen and oxygen atoms in total. The molecule has 142 valence electrons. The molecule has 1 saturated heterocycles. The third-order valence-electron chi connectivity index (χ3n) is 4.60. The summed E-state index contributed by atoms with van der Waals surface area (Å²) in [5.74, 6) is 0. The Kier molecular flexibility index (Phi) is 13.9. The van der Waals surface area contributed by atoms with Crippen molar-refractivity contribution < 1.29 is 13.6 Å². The van der Waals surface area contributed by atoms with Gasteiger partial charge in [-0.2, -0.15) is 0 Å². The number of unbranched alkanes of at least 4 members (excludes halogenated alkanes) is 12. The van der Waals surface area contributed by atoms with Crippen LogP contribution in [-0.2, 0) is 13.6 Å². The summed E-state index contributed by atoms with van der Waals surface area (Å²) in [5.41, 5.74) is 0. The fourth-order valence-corrected chi connectivity index (χ4v) is 4.72. The highest BCUT2D eigenvalue weighted by molar-refractivity contribution is 7.54. The van der Waals surface area contributed by atoms with Gasteiger partial charge >= 0.3 is 7.60 Å². The standard InChI is InChI=1S/C20H39O3P/c1-2-3-4-5-6-7-8-9-10-11-12-13-14-15-16-17-20-24(21)22-18-19-23-24/h9-10H,2-8,11-20H2,1H3. The Morgan fingerprint density at radius 2 is 1.17 bits per heavy atom. The van der Waals surface area contributed by atoms with Gasteiger partial charge in [-0.15, -0.1) is 0 Å². The first kappa shape index (κ1) is 21.9. The van der Waals surface area contributed by atoms with Crippen LogP contribution in [0.5, 0.6) is 0 Å². The maximum absolute atomic E-state index is 11.9. The summed E-state index contributed by atoms with van der Waals surface area (Å²) in [6.45, 7) is 3.28. The maximum atomic E-state index is 11.9. The van der Waals surface area contributed by atoms with Crippen molar-refractivity contribution in [2.24, 2.45) is 0 Å². The van der Waals surface area contributed by atoms with Crippen molar-refractivity contribution >= 4 is 7.60 Å². The van der Waals surface area contributed by atoms with Gasteiger partial charge in [-0.05, 0) is 32.1 Å². The second kappa shape index (κ2) is 15.2. The Bertz CT molecular complexity index is 345. The highest BCUT2D eigenvalue weighted by Crippen LogP contribution is 2.52. The fourth-order valence-electron chi connectivity index (χ4n) is 3.07. The average molecular weight is 359 g/mol. The topological polar surface area (TPSA) is 35.5 Å². The Morgan fingerprint density at radius 3 is 1.71 bits per heavy atom. The van der Waals surface area contributed by atoms with Crippen LogP contribution in [-0.4, -0.2) is 19.4 Å². The van der Waals surface area contributed by atoms with Crippen molar-refractivity contribution in [1.29, 1.82) is 0 Å². The molecule has 4 heteroatoms. The first-order valence-electron chi connectivity index (χ1n) is 10.3. The van der Waals surface area contributed by atoms with Crippen LogP contribution in [0, 0.1) is 0 Å². The second-order valence-corrected chi connectivity index (χ2v) is 9.12. The number of hydrogen-bond acceptors (Lipinski definition) is 3. The predicted molar refractivity (Wildman–Crippen MR) is 104 cm³/mol. The van der Waals surface area contributed by atoms with Crippen molar-refractivity contribution in [3.63, 3.8) is 0 Å². The van der Waals surface area contributed by atoms with Gasteiger partial charge in [0.15, 0.2) is 0 Å². The summed E-state index contributed by atoms with van der Waals surface area (Å²) < 4.78 is 22.3. The van der Waals surface area contributed by atoms with Crippen molar-refractivity contribution in [3.8, 4) is 0 Å². The van der Waals surface area contributed by atoms with Crippen molar-refractivity contribution in [2.75, 3.05) is 19.4 Å². The zero-order valence-electron chi connectivity index (χ0n) is 15.8. The third kappa shape index (κ3) is 12.3. The van der Waals surface area contributed by atoms with Crippen LogP contribution in [0.3, 0.4) is 0 Å². The van der Waals surface area contributed by atoms with E-state index in [1.807, 2.05) is 0 Å². The van der Waals surface area contributed by atoms with E-state index in [1.54, 1.807) is 0 Å². The lowest BCUT2D eigenvalue weighted by molar-refractivity contribution is 0.350. The number of rotatable bonds is 16. The minimum atomic E-state index is -2.67. The summed E-state index contributed by atoms with van der Waals surface area (Å²) in [6.07, 6.45) is 23.4. The van der Waals surface area contributed by atoms with E-state index in [0.29, 0.717) is 19.4 Å². The summed E-state index contributed by atoms with van der Waals surface area (Å²) in [5, 5.41) is 0. The lowest BCUT2D eigenvalue weighted by Crippen LogP contribution is -1.90. The number of hydrogen-bond donors (Lipinski definition) is 0. The van der Waals surface area contributed by atoms with Crippen LogP contribution in [0.25, 0.3) is 0 Å². The molecule has 0 radical (unpaired) electrons. The molecule has 1 aliphatic heterocycles. The molecule has 1 aliphatic rings. The molecule has 1 heterocycles. The molecule has 0 atom stereocenters. The van der Waals surface area contributed by atoms with E-state index >= 15 is 0 Å². The normalized spacial score (nSPS) is 17.0. The Balaban J connectivity index is 1.75. The molecule has 0 N–H and O–H groups in total. The fraction of sp³-hybridized carbons (Fsp3) is 0.900. The Hall–Kier alpha value is -0.110.